The summed E-state index contributed by atoms with van der Waals surface area (Å²) in [4.78, 5) is 24.5. The van der Waals surface area contributed by atoms with Crippen molar-refractivity contribution in [3.05, 3.63) is 87.9 Å². The van der Waals surface area contributed by atoms with Crippen molar-refractivity contribution in [3.63, 3.8) is 0 Å². The van der Waals surface area contributed by atoms with Crippen LogP contribution in [0.4, 0.5) is 11.4 Å². The molecule has 160 valence electrons. The lowest BCUT2D eigenvalue weighted by molar-refractivity contribution is -0.118. The maximum Gasteiger partial charge on any atom is 0.262 e. The second-order valence-corrected chi connectivity index (χ2v) is 8.06. The summed E-state index contributed by atoms with van der Waals surface area (Å²) in [5, 5.41) is 6.24. The fourth-order valence-corrected chi connectivity index (χ4v) is 3.30. The molecule has 3 aromatic rings. The van der Waals surface area contributed by atoms with Crippen LogP contribution in [-0.2, 0) is 4.79 Å². The molecule has 0 aliphatic carbocycles. The van der Waals surface area contributed by atoms with Gasteiger partial charge in [-0.3, -0.25) is 9.59 Å². The Morgan fingerprint density at radius 3 is 2.06 bits per heavy atom. The number of amides is 2. The molecule has 0 aliphatic rings. The minimum atomic E-state index is -0.352. The zero-order valence-electron chi connectivity index (χ0n) is 17.1. The summed E-state index contributed by atoms with van der Waals surface area (Å²) < 4.78 is 5.53. The van der Waals surface area contributed by atoms with E-state index in [-0.39, 0.29) is 23.4 Å². The first kappa shape index (κ1) is 22.7. The van der Waals surface area contributed by atoms with Gasteiger partial charge in [0.2, 0.25) is 0 Å². The van der Waals surface area contributed by atoms with Crippen LogP contribution in [0.25, 0.3) is 0 Å². The first-order chi connectivity index (χ1) is 14.8. The molecule has 0 atom stereocenters. The molecule has 0 aliphatic heterocycles. The minimum Gasteiger partial charge on any atom is -0.484 e. The molecule has 0 radical (unpaired) electrons. The first-order valence-electron chi connectivity index (χ1n) is 9.71. The highest BCUT2D eigenvalue weighted by molar-refractivity contribution is 6.37. The van der Waals surface area contributed by atoms with Crippen LogP contribution in [-0.4, -0.2) is 18.4 Å². The van der Waals surface area contributed by atoms with Crippen LogP contribution in [0.3, 0.4) is 0 Å². The van der Waals surface area contributed by atoms with Gasteiger partial charge in [-0.15, -0.1) is 0 Å². The maximum absolute atomic E-state index is 12.4. The number of ether oxygens (including phenoxy) is 1. The van der Waals surface area contributed by atoms with Crippen molar-refractivity contribution >= 4 is 46.4 Å². The van der Waals surface area contributed by atoms with E-state index in [0.29, 0.717) is 33.6 Å². The van der Waals surface area contributed by atoms with Gasteiger partial charge in [-0.05, 0) is 66.1 Å². The van der Waals surface area contributed by atoms with Gasteiger partial charge < -0.3 is 15.4 Å². The molecule has 0 heterocycles. The Hall–Kier alpha value is -3.02. The van der Waals surface area contributed by atoms with E-state index in [1.165, 1.54) is 11.6 Å². The van der Waals surface area contributed by atoms with Gasteiger partial charge >= 0.3 is 0 Å². The molecular formula is C24H22Cl2N2O3. The lowest BCUT2D eigenvalue weighted by Gasteiger charge is -2.10. The Balaban J connectivity index is 1.51. The third kappa shape index (κ3) is 6.48. The predicted octanol–water partition coefficient (Wildman–Crippen LogP) is 6.39. The molecule has 0 aromatic heterocycles. The number of hydrogen-bond acceptors (Lipinski definition) is 3. The molecule has 3 aromatic carbocycles. The second kappa shape index (κ2) is 10.3. The first-order valence-corrected chi connectivity index (χ1v) is 10.5. The van der Waals surface area contributed by atoms with Gasteiger partial charge in [0.15, 0.2) is 6.61 Å². The third-order valence-electron chi connectivity index (χ3n) is 4.52. The fraction of sp³-hybridized carbons (Fsp3) is 0.167. The van der Waals surface area contributed by atoms with Gasteiger partial charge in [0.1, 0.15) is 5.75 Å². The average molecular weight is 457 g/mol. The van der Waals surface area contributed by atoms with Crippen LogP contribution in [0, 0.1) is 0 Å². The fourth-order valence-electron chi connectivity index (χ4n) is 2.80. The highest BCUT2D eigenvalue weighted by atomic mass is 35.5. The van der Waals surface area contributed by atoms with Gasteiger partial charge in [0.05, 0.1) is 10.6 Å². The van der Waals surface area contributed by atoms with Gasteiger partial charge in [-0.25, -0.2) is 0 Å². The number of hydrogen-bond donors (Lipinski definition) is 2. The van der Waals surface area contributed by atoms with Gasteiger partial charge in [0, 0.05) is 16.4 Å². The van der Waals surface area contributed by atoms with Crippen molar-refractivity contribution in [1.29, 1.82) is 0 Å². The number of anilines is 2. The third-order valence-corrected chi connectivity index (χ3v) is 5.07. The van der Waals surface area contributed by atoms with E-state index in [1.54, 1.807) is 36.4 Å². The Bertz CT molecular complexity index is 1070. The van der Waals surface area contributed by atoms with E-state index in [0.717, 1.165) is 0 Å². The normalized spacial score (nSPS) is 10.6. The van der Waals surface area contributed by atoms with Crippen molar-refractivity contribution in [1.82, 2.24) is 0 Å². The van der Waals surface area contributed by atoms with Crippen LogP contribution in [0.15, 0.2) is 66.7 Å². The van der Waals surface area contributed by atoms with E-state index in [2.05, 4.69) is 24.5 Å². The number of carbonyl (C=O) groups excluding carboxylic acids is 2. The zero-order valence-corrected chi connectivity index (χ0v) is 18.6. The molecule has 2 amide bonds. The second-order valence-electron chi connectivity index (χ2n) is 7.22. The average Bonchev–Trinajstić information content (AvgIpc) is 2.74. The monoisotopic (exact) mass is 456 g/mol. The van der Waals surface area contributed by atoms with Crippen molar-refractivity contribution in [2.45, 2.75) is 19.8 Å². The van der Waals surface area contributed by atoms with Gasteiger partial charge in [0.25, 0.3) is 11.8 Å². The molecule has 3 rings (SSSR count). The Kier molecular flexibility index (Phi) is 7.55. The molecule has 31 heavy (non-hydrogen) atoms. The highest BCUT2D eigenvalue weighted by Crippen LogP contribution is 2.23. The molecule has 7 heteroatoms. The largest absolute Gasteiger partial charge is 0.484 e. The highest BCUT2D eigenvalue weighted by Gasteiger charge is 2.11. The van der Waals surface area contributed by atoms with Crippen LogP contribution in [0.5, 0.6) is 5.75 Å². The predicted molar refractivity (Wildman–Crippen MR) is 126 cm³/mol. The molecule has 2 N–H and O–H groups in total. The number of halogens is 2. The van der Waals surface area contributed by atoms with Gasteiger partial charge in [-0.2, -0.15) is 0 Å². The lowest BCUT2D eigenvalue weighted by atomic mass is 10.0. The summed E-state index contributed by atoms with van der Waals surface area (Å²) >= 11 is 11.9. The van der Waals surface area contributed by atoms with E-state index in [9.17, 15) is 9.59 Å². The smallest absolute Gasteiger partial charge is 0.262 e. The Labute approximate surface area is 191 Å². The Morgan fingerprint density at radius 1 is 0.871 bits per heavy atom. The lowest BCUT2D eigenvalue weighted by Crippen LogP contribution is -2.20. The summed E-state index contributed by atoms with van der Waals surface area (Å²) in [6.45, 7) is 4.13. The SMILES string of the molecule is CC(C)c1ccc(OCC(=O)Nc2ccc(NC(=O)c3ccc(Cl)cc3Cl)cc2)cc1. The molecule has 0 fully saturated rings. The van der Waals surface area contributed by atoms with E-state index < -0.39 is 0 Å². The van der Waals surface area contributed by atoms with Crippen molar-refractivity contribution in [2.24, 2.45) is 0 Å². The maximum atomic E-state index is 12.4. The standard InChI is InChI=1S/C24H22Cl2N2O3/c1-15(2)16-3-10-20(11-4-16)31-14-23(29)27-18-6-8-19(9-7-18)28-24(30)21-12-5-17(25)13-22(21)26/h3-13,15H,14H2,1-2H3,(H,27,29)(H,28,30). The number of rotatable bonds is 7. The Morgan fingerprint density at radius 2 is 1.48 bits per heavy atom. The van der Waals surface area contributed by atoms with Crippen molar-refractivity contribution in [3.8, 4) is 5.75 Å². The summed E-state index contributed by atoms with van der Waals surface area (Å²) in [7, 11) is 0. The molecule has 0 saturated heterocycles. The number of carbonyl (C=O) groups is 2. The zero-order chi connectivity index (χ0) is 22.4. The molecule has 0 bridgehead atoms. The van der Waals surface area contributed by atoms with Crippen molar-refractivity contribution in [2.75, 3.05) is 17.2 Å². The van der Waals surface area contributed by atoms with Gasteiger partial charge in [-0.1, -0.05) is 49.2 Å². The molecule has 0 spiro atoms. The molecule has 0 saturated carbocycles. The quantitative estimate of drug-likeness (QED) is 0.432. The van der Waals surface area contributed by atoms with E-state index in [1.807, 2.05) is 24.3 Å². The topological polar surface area (TPSA) is 67.4 Å². The number of nitrogens with one attached hydrogen (secondary N) is 2. The summed E-state index contributed by atoms with van der Waals surface area (Å²) in [6, 6.07) is 19.1. The summed E-state index contributed by atoms with van der Waals surface area (Å²) in [5.74, 6) is 0.444. The molecule has 5 nitrogen and oxygen atoms in total. The summed E-state index contributed by atoms with van der Waals surface area (Å²) in [5.41, 5.74) is 2.69. The molecule has 0 unspecified atom stereocenters. The van der Waals surface area contributed by atoms with E-state index in [4.69, 9.17) is 27.9 Å². The van der Waals surface area contributed by atoms with Crippen molar-refractivity contribution < 1.29 is 14.3 Å². The number of benzene rings is 3. The van der Waals surface area contributed by atoms with Crippen LogP contribution >= 0.6 is 23.2 Å². The minimum absolute atomic E-state index is 0.103. The van der Waals surface area contributed by atoms with E-state index >= 15 is 0 Å². The summed E-state index contributed by atoms with van der Waals surface area (Å²) in [6.07, 6.45) is 0. The molecular weight excluding hydrogens is 435 g/mol. The van der Waals surface area contributed by atoms with Crippen LogP contribution in [0.2, 0.25) is 10.0 Å². The van der Waals surface area contributed by atoms with Crippen LogP contribution in [0.1, 0.15) is 35.7 Å². The van der Waals surface area contributed by atoms with Crippen LogP contribution < -0.4 is 15.4 Å².